The summed E-state index contributed by atoms with van der Waals surface area (Å²) in [5, 5.41) is 0. The monoisotopic (exact) mass is 201 g/mol. The first-order valence-electron chi connectivity index (χ1n) is 4.77. The van der Waals surface area contributed by atoms with Crippen molar-refractivity contribution in [2.45, 2.75) is 20.8 Å². The SMILES string of the molecule is CCOCC(COCC)=C(C)C(N)=O. The van der Waals surface area contributed by atoms with Crippen molar-refractivity contribution in [3.8, 4) is 0 Å². The molecule has 2 N–H and O–H groups in total. The Hall–Kier alpha value is -0.870. The molecule has 0 aromatic heterocycles. The van der Waals surface area contributed by atoms with Gasteiger partial charge in [-0.15, -0.1) is 0 Å². The maximum atomic E-state index is 10.9. The molecule has 0 radical (unpaired) electrons. The van der Waals surface area contributed by atoms with Gasteiger partial charge in [-0.25, -0.2) is 0 Å². The molecule has 14 heavy (non-hydrogen) atoms. The molecule has 0 saturated heterocycles. The van der Waals surface area contributed by atoms with Gasteiger partial charge in [0.1, 0.15) is 0 Å². The molecule has 1 amide bonds. The van der Waals surface area contributed by atoms with E-state index >= 15 is 0 Å². The predicted octanol–water partition coefficient (Wildman–Crippen LogP) is 0.861. The van der Waals surface area contributed by atoms with Crippen molar-refractivity contribution in [2.75, 3.05) is 26.4 Å². The molecule has 0 aliphatic carbocycles. The van der Waals surface area contributed by atoms with Crippen LogP contribution in [-0.4, -0.2) is 32.3 Å². The molecule has 82 valence electrons. The molecule has 0 aromatic carbocycles. The molecule has 4 heteroatoms. The summed E-state index contributed by atoms with van der Waals surface area (Å²) in [6.45, 7) is 7.53. The average Bonchev–Trinajstić information content (AvgIpc) is 2.17. The van der Waals surface area contributed by atoms with E-state index < -0.39 is 5.91 Å². The van der Waals surface area contributed by atoms with Crippen LogP contribution in [-0.2, 0) is 14.3 Å². The maximum Gasteiger partial charge on any atom is 0.244 e. The molecule has 0 atom stereocenters. The third kappa shape index (κ3) is 4.99. The third-order valence-corrected chi connectivity index (χ3v) is 1.86. The molecular weight excluding hydrogens is 182 g/mol. The second-order valence-corrected chi connectivity index (χ2v) is 2.87. The summed E-state index contributed by atoms with van der Waals surface area (Å²) in [5.74, 6) is -0.417. The summed E-state index contributed by atoms with van der Waals surface area (Å²) < 4.78 is 10.4. The van der Waals surface area contributed by atoms with Gasteiger partial charge in [0, 0.05) is 18.8 Å². The van der Waals surface area contributed by atoms with Gasteiger partial charge in [0.2, 0.25) is 5.91 Å². The number of hydrogen-bond acceptors (Lipinski definition) is 3. The van der Waals surface area contributed by atoms with Crippen molar-refractivity contribution in [3.05, 3.63) is 11.1 Å². The molecule has 0 saturated carbocycles. The minimum absolute atomic E-state index is 0.408. The molecule has 0 bridgehead atoms. The van der Waals surface area contributed by atoms with Gasteiger partial charge in [-0.05, 0) is 26.3 Å². The van der Waals surface area contributed by atoms with Gasteiger partial charge in [0.25, 0.3) is 0 Å². The molecule has 4 nitrogen and oxygen atoms in total. The van der Waals surface area contributed by atoms with E-state index in [1.165, 1.54) is 0 Å². The lowest BCUT2D eigenvalue weighted by molar-refractivity contribution is -0.114. The predicted molar refractivity (Wildman–Crippen MR) is 54.9 cm³/mol. The van der Waals surface area contributed by atoms with Crippen molar-refractivity contribution in [2.24, 2.45) is 5.73 Å². The average molecular weight is 201 g/mol. The summed E-state index contributed by atoms with van der Waals surface area (Å²) in [7, 11) is 0. The smallest absolute Gasteiger partial charge is 0.244 e. The summed E-state index contributed by atoms with van der Waals surface area (Å²) in [5.41, 5.74) is 6.53. The van der Waals surface area contributed by atoms with Crippen molar-refractivity contribution in [1.29, 1.82) is 0 Å². The number of ether oxygens (including phenoxy) is 2. The molecule has 0 fully saturated rings. The van der Waals surface area contributed by atoms with E-state index in [9.17, 15) is 4.79 Å². The highest BCUT2D eigenvalue weighted by atomic mass is 16.5. The van der Waals surface area contributed by atoms with Crippen LogP contribution in [0.2, 0.25) is 0 Å². The lowest BCUT2D eigenvalue weighted by atomic mass is 10.1. The lowest BCUT2D eigenvalue weighted by Gasteiger charge is -2.10. The Bertz CT molecular complexity index is 201. The number of carbonyl (C=O) groups is 1. The number of nitrogens with two attached hydrogens (primary N) is 1. The van der Waals surface area contributed by atoms with Gasteiger partial charge in [0.05, 0.1) is 13.2 Å². The van der Waals surface area contributed by atoms with Crippen LogP contribution in [0.25, 0.3) is 0 Å². The number of primary amides is 1. The van der Waals surface area contributed by atoms with Crippen molar-refractivity contribution in [3.63, 3.8) is 0 Å². The van der Waals surface area contributed by atoms with E-state index in [4.69, 9.17) is 15.2 Å². The van der Waals surface area contributed by atoms with Gasteiger partial charge in [-0.1, -0.05) is 0 Å². The molecule has 0 unspecified atom stereocenters. The van der Waals surface area contributed by atoms with Gasteiger partial charge >= 0.3 is 0 Å². The summed E-state index contributed by atoms with van der Waals surface area (Å²) in [4.78, 5) is 10.9. The second-order valence-electron chi connectivity index (χ2n) is 2.87. The molecular formula is C10H19NO3. The van der Waals surface area contributed by atoms with Crippen molar-refractivity contribution < 1.29 is 14.3 Å². The normalized spacial score (nSPS) is 9.93. The van der Waals surface area contributed by atoms with Gasteiger partial charge in [0.15, 0.2) is 0 Å². The fourth-order valence-electron chi connectivity index (χ4n) is 0.883. The van der Waals surface area contributed by atoms with Crippen LogP contribution in [0, 0.1) is 0 Å². The molecule has 0 heterocycles. The number of rotatable bonds is 7. The lowest BCUT2D eigenvalue weighted by Crippen LogP contribution is -2.18. The number of hydrogen-bond donors (Lipinski definition) is 1. The van der Waals surface area contributed by atoms with Crippen molar-refractivity contribution >= 4 is 5.91 Å². The second kappa shape index (κ2) is 7.53. The van der Waals surface area contributed by atoms with E-state index in [0.29, 0.717) is 32.0 Å². The number of carbonyl (C=O) groups excluding carboxylic acids is 1. The first kappa shape index (κ1) is 13.1. The summed E-state index contributed by atoms with van der Waals surface area (Å²) >= 11 is 0. The minimum Gasteiger partial charge on any atom is -0.377 e. The Morgan fingerprint density at radius 2 is 1.57 bits per heavy atom. The van der Waals surface area contributed by atoms with Gasteiger partial charge in [-0.3, -0.25) is 4.79 Å². The third-order valence-electron chi connectivity index (χ3n) is 1.86. The van der Waals surface area contributed by atoms with Gasteiger partial charge in [-0.2, -0.15) is 0 Å². The van der Waals surface area contributed by atoms with Crippen LogP contribution < -0.4 is 5.73 Å². The van der Waals surface area contributed by atoms with Crippen LogP contribution >= 0.6 is 0 Å². The van der Waals surface area contributed by atoms with Crippen LogP contribution in [0.5, 0.6) is 0 Å². The fourth-order valence-corrected chi connectivity index (χ4v) is 0.883. The molecule has 0 aliphatic rings. The standard InChI is InChI=1S/C10H19NO3/c1-4-13-6-9(7-14-5-2)8(3)10(11)12/h4-7H2,1-3H3,(H2,11,12). The van der Waals surface area contributed by atoms with Crippen LogP contribution in [0.3, 0.4) is 0 Å². The number of amides is 1. The first-order valence-corrected chi connectivity index (χ1v) is 4.77. The van der Waals surface area contributed by atoms with E-state index in [1.807, 2.05) is 13.8 Å². The Morgan fingerprint density at radius 1 is 1.14 bits per heavy atom. The van der Waals surface area contributed by atoms with Crippen LogP contribution in [0.1, 0.15) is 20.8 Å². The topological polar surface area (TPSA) is 61.6 Å². The molecule has 0 rings (SSSR count). The van der Waals surface area contributed by atoms with E-state index in [1.54, 1.807) is 6.92 Å². The Balaban J connectivity index is 4.35. The molecule has 0 aliphatic heterocycles. The molecule has 0 spiro atoms. The van der Waals surface area contributed by atoms with Gasteiger partial charge < -0.3 is 15.2 Å². The highest BCUT2D eigenvalue weighted by Gasteiger charge is 2.07. The Morgan fingerprint density at radius 3 is 1.86 bits per heavy atom. The van der Waals surface area contributed by atoms with E-state index in [0.717, 1.165) is 5.57 Å². The van der Waals surface area contributed by atoms with Crippen LogP contribution in [0.15, 0.2) is 11.1 Å². The Labute approximate surface area is 85.1 Å². The highest BCUT2D eigenvalue weighted by molar-refractivity contribution is 5.92. The Kier molecular flexibility index (Phi) is 7.06. The quantitative estimate of drug-likeness (QED) is 0.621. The minimum atomic E-state index is -0.417. The zero-order chi connectivity index (χ0) is 11.0. The van der Waals surface area contributed by atoms with E-state index in [2.05, 4.69) is 0 Å². The van der Waals surface area contributed by atoms with Crippen molar-refractivity contribution in [1.82, 2.24) is 0 Å². The summed E-state index contributed by atoms with van der Waals surface area (Å²) in [6.07, 6.45) is 0. The maximum absolute atomic E-state index is 10.9. The zero-order valence-corrected chi connectivity index (χ0v) is 9.13. The van der Waals surface area contributed by atoms with E-state index in [-0.39, 0.29) is 0 Å². The first-order chi connectivity index (χ1) is 6.63. The largest absolute Gasteiger partial charge is 0.377 e. The fraction of sp³-hybridized carbons (Fsp3) is 0.700. The molecule has 0 aromatic rings. The highest BCUT2D eigenvalue weighted by Crippen LogP contribution is 2.05. The summed E-state index contributed by atoms with van der Waals surface area (Å²) in [6, 6.07) is 0. The van der Waals surface area contributed by atoms with Crippen LogP contribution in [0.4, 0.5) is 0 Å². The zero-order valence-electron chi connectivity index (χ0n) is 9.13.